The van der Waals surface area contributed by atoms with E-state index in [0.29, 0.717) is 19.8 Å². The monoisotopic (exact) mass is 266 g/mol. The lowest BCUT2D eigenvalue weighted by Crippen LogP contribution is -2.37. The molecule has 1 aliphatic rings. The van der Waals surface area contributed by atoms with E-state index in [-0.39, 0.29) is 17.3 Å². The molecule has 0 amide bonds. The zero-order valence-corrected chi connectivity index (χ0v) is 11.8. The minimum Gasteiger partial charge on any atom is -0.463 e. The summed E-state index contributed by atoms with van der Waals surface area (Å²) < 4.78 is 15.5. The summed E-state index contributed by atoms with van der Waals surface area (Å²) in [4.78, 5) is 11.4. The van der Waals surface area contributed by atoms with Gasteiger partial charge in [0.05, 0.1) is 19.8 Å². The zero-order valence-electron chi connectivity index (χ0n) is 11.8. The number of rotatable bonds is 7. The molecule has 0 spiro atoms. The Morgan fingerprint density at radius 1 is 1.26 bits per heavy atom. The van der Waals surface area contributed by atoms with Crippen LogP contribution in [0.25, 0.3) is 0 Å². The van der Waals surface area contributed by atoms with Gasteiger partial charge in [-0.3, -0.25) is 0 Å². The van der Waals surface area contributed by atoms with Crippen LogP contribution >= 0.6 is 0 Å². The van der Waals surface area contributed by atoms with Crippen LogP contribution in [-0.2, 0) is 19.0 Å². The van der Waals surface area contributed by atoms with Crippen molar-refractivity contribution in [2.45, 2.75) is 6.92 Å². The minimum absolute atomic E-state index is 0.0433. The molecule has 4 nitrogen and oxygen atoms in total. The van der Waals surface area contributed by atoms with Gasteiger partial charge in [-0.25, -0.2) is 4.79 Å². The molecule has 1 rings (SSSR count). The summed E-state index contributed by atoms with van der Waals surface area (Å²) in [5, 5.41) is 0. The van der Waals surface area contributed by atoms with Gasteiger partial charge in [0.25, 0.3) is 0 Å². The number of allylic oxidation sites excluding steroid dienone is 4. The van der Waals surface area contributed by atoms with E-state index in [0.717, 1.165) is 0 Å². The van der Waals surface area contributed by atoms with Gasteiger partial charge in [0.1, 0.15) is 0 Å². The highest BCUT2D eigenvalue weighted by molar-refractivity contribution is 5.82. The normalized spacial score (nSPS) is 20.9. The maximum Gasteiger partial charge on any atom is 0.330 e. The maximum atomic E-state index is 11.4. The van der Waals surface area contributed by atoms with E-state index in [1.807, 2.05) is 24.3 Å². The molecule has 1 atom stereocenters. The fourth-order valence-electron chi connectivity index (χ4n) is 2.23. The van der Waals surface area contributed by atoms with Gasteiger partial charge in [-0.1, -0.05) is 30.4 Å². The number of carbonyl (C=O) groups is 1. The van der Waals surface area contributed by atoms with Gasteiger partial charge in [0.15, 0.2) is 0 Å². The first kappa shape index (κ1) is 15.7. The second kappa shape index (κ2) is 7.92. The fourth-order valence-corrected chi connectivity index (χ4v) is 2.23. The molecule has 106 valence electrons. The lowest BCUT2D eigenvalue weighted by molar-refractivity contribution is -0.137. The zero-order chi connectivity index (χ0) is 14.1. The smallest absolute Gasteiger partial charge is 0.330 e. The van der Waals surface area contributed by atoms with Crippen molar-refractivity contribution in [3.05, 3.63) is 36.5 Å². The van der Waals surface area contributed by atoms with E-state index < -0.39 is 0 Å². The predicted octanol–water partition coefficient (Wildman–Crippen LogP) is 2.13. The number of hydrogen-bond donors (Lipinski definition) is 0. The van der Waals surface area contributed by atoms with Crippen LogP contribution in [0.5, 0.6) is 0 Å². The van der Waals surface area contributed by atoms with Gasteiger partial charge in [0.2, 0.25) is 0 Å². The summed E-state index contributed by atoms with van der Waals surface area (Å²) in [5.41, 5.74) is -0.277. The van der Waals surface area contributed by atoms with Crippen molar-refractivity contribution < 1.29 is 19.0 Å². The molecule has 0 saturated heterocycles. The van der Waals surface area contributed by atoms with Crippen molar-refractivity contribution in [1.82, 2.24) is 0 Å². The summed E-state index contributed by atoms with van der Waals surface area (Å²) >= 11 is 0. The fraction of sp³-hybridized carbons (Fsp3) is 0.533. The Bertz CT molecular complexity index is 362. The molecule has 0 bridgehead atoms. The largest absolute Gasteiger partial charge is 0.463 e. The topological polar surface area (TPSA) is 44.8 Å². The molecule has 0 fully saturated rings. The second-order valence-electron chi connectivity index (χ2n) is 4.48. The van der Waals surface area contributed by atoms with Crippen molar-refractivity contribution in [3.8, 4) is 0 Å². The molecule has 0 saturated carbocycles. The summed E-state index contributed by atoms with van der Waals surface area (Å²) in [5.74, 6) is -0.281. The van der Waals surface area contributed by atoms with E-state index in [1.165, 1.54) is 6.08 Å². The average Bonchev–Trinajstić information content (AvgIpc) is 2.39. The van der Waals surface area contributed by atoms with Gasteiger partial charge < -0.3 is 14.2 Å². The van der Waals surface area contributed by atoms with Gasteiger partial charge in [0, 0.05) is 31.6 Å². The van der Waals surface area contributed by atoms with Crippen LogP contribution in [0.2, 0.25) is 0 Å². The number of ether oxygens (including phenoxy) is 3. The highest BCUT2D eigenvalue weighted by Crippen LogP contribution is 2.35. The Hall–Kier alpha value is -1.39. The predicted molar refractivity (Wildman–Crippen MR) is 73.7 cm³/mol. The molecular weight excluding hydrogens is 244 g/mol. The first-order chi connectivity index (χ1) is 9.18. The van der Waals surface area contributed by atoms with Crippen molar-refractivity contribution in [2.75, 3.05) is 34.0 Å². The molecule has 0 N–H and O–H groups in total. The summed E-state index contributed by atoms with van der Waals surface area (Å²) in [6.07, 6.45) is 11.4. The Labute approximate surface area is 114 Å². The first-order valence-corrected chi connectivity index (χ1v) is 6.37. The molecular formula is C15H22O4. The van der Waals surface area contributed by atoms with Gasteiger partial charge in [-0.2, -0.15) is 0 Å². The average molecular weight is 266 g/mol. The van der Waals surface area contributed by atoms with Gasteiger partial charge in [-0.15, -0.1) is 0 Å². The van der Waals surface area contributed by atoms with Crippen molar-refractivity contribution >= 4 is 5.97 Å². The third-order valence-electron chi connectivity index (χ3n) is 3.07. The van der Waals surface area contributed by atoms with Crippen LogP contribution in [-0.4, -0.2) is 40.0 Å². The Balaban J connectivity index is 2.84. The lowest BCUT2D eigenvalue weighted by atomic mass is 9.73. The molecule has 0 heterocycles. The molecule has 0 aromatic heterocycles. The van der Waals surface area contributed by atoms with Gasteiger partial charge >= 0.3 is 5.97 Å². The third-order valence-corrected chi connectivity index (χ3v) is 3.07. The Morgan fingerprint density at radius 2 is 1.95 bits per heavy atom. The van der Waals surface area contributed by atoms with E-state index >= 15 is 0 Å². The number of methoxy groups -OCH3 is 2. The highest BCUT2D eigenvalue weighted by atomic mass is 16.5. The molecule has 0 aliphatic heterocycles. The van der Waals surface area contributed by atoms with Crippen LogP contribution in [0.3, 0.4) is 0 Å². The van der Waals surface area contributed by atoms with Crippen LogP contribution in [0, 0.1) is 11.3 Å². The molecule has 0 aromatic carbocycles. The van der Waals surface area contributed by atoms with E-state index in [1.54, 1.807) is 21.1 Å². The highest BCUT2D eigenvalue weighted by Gasteiger charge is 2.35. The number of esters is 1. The molecule has 1 aliphatic carbocycles. The van der Waals surface area contributed by atoms with Crippen LogP contribution in [0.4, 0.5) is 0 Å². The summed E-state index contributed by atoms with van der Waals surface area (Å²) in [7, 11) is 3.32. The standard InChI is InChI=1S/C15H22O4/c1-4-19-14(16)9-8-13-7-5-6-10-15(13,11-17-2)12-18-3/h5-10,13H,4,11-12H2,1-3H3. The van der Waals surface area contributed by atoms with E-state index in [4.69, 9.17) is 14.2 Å². The molecule has 1 unspecified atom stereocenters. The molecule has 4 heteroatoms. The van der Waals surface area contributed by atoms with Crippen LogP contribution < -0.4 is 0 Å². The minimum atomic E-state index is -0.325. The third kappa shape index (κ3) is 4.33. The van der Waals surface area contributed by atoms with E-state index in [2.05, 4.69) is 6.08 Å². The van der Waals surface area contributed by atoms with Crippen molar-refractivity contribution in [1.29, 1.82) is 0 Å². The SMILES string of the molecule is CCOC(=O)C=CC1C=CC=CC1(COC)COC. The molecule has 19 heavy (non-hydrogen) atoms. The summed E-state index contributed by atoms with van der Waals surface area (Å²) in [6, 6.07) is 0. The molecule has 0 aromatic rings. The maximum absolute atomic E-state index is 11.4. The van der Waals surface area contributed by atoms with Crippen molar-refractivity contribution in [2.24, 2.45) is 11.3 Å². The number of hydrogen-bond acceptors (Lipinski definition) is 4. The lowest BCUT2D eigenvalue weighted by Gasteiger charge is -2.35. The Kier molecular flexibility index (Phi) is 6.53. The summed E-state index contributed by atoms with van der Waals surface area (Å²) in [6.45, 7) is 3.22. The van der Waals surface area contributed by atoms with E-state index in [9.17, 15) is 4.79 Å². The van der Waals surface area contributed by atoms with Crippen molar-refractivity contribution in [3.63, 3.8) is 0 Å². The van der Waals surface area contributed by atoms with Gasteiger partial charge in [-0.05, 0) is 6.92 Å². The van der Waals surface area contributed by atoms with Crippen LogP contribution in [0.1, 0.15) is 6.92 Å². The Morgan fingerprint density at radius 3 is 2.53 bits per heavy atom. The first-order valence-electron chi connectivity index (χ1n) is 6.37. The quantitative estimate of drug-likeness (QED) is 0.523. The number of carbonyl (C=O) groups excluding carboxylic acids is 1. The molecule has 0 radical (unpaired) electrons. The van der Waals surface area contributed by atoms with Crippen LogP contribution in [0.15, 0.2) is 36.5 Å². The second-order valence-corrected chi connectivity index (χ2v) is 4.48.